The first-order valence-electron chi connectivity index (χ1n) is 6.88. The maximum atomic E-state index is 12.3. The van der Waals surface area contributed by atoms with E-state index in [2.05, 4.69) is 10.1 Å². The van der Waals surface area contributed by atoms with Gasteiger partial charge in [0.25, 0.3) is 5.56 Å². The summed E-state index contributed by atoms with van der Waals surface area (Å²) < 4.78 is 8.37. The highest BCUT2D eigenvalue weighted by molar-refractivity contribution is 5.72. The summed E-state index contributed by atoms with van der Waals surface area (Å²) >= 11 is 0. The topological polar surface area (TPSA) is 82.2 Å². The number of fused-ring (bicyclic) bond motifs is 1. The number of ether oxygens (including phenoxy) is 1. The Labute approximate surface area is 126 Å². The van der Waals surface area contributed by atoms with E-state index in [1.807, 2.05) is 30.3 Å². The van der Waals surface area contributed by atoms with Crippen molar-refractivity contribution in [1.29, 1.82) is 0 Å². The lowest BCUT2D eigenvalue weighted by atomic mass is 10.3. The molecule has 1 atom stereocenters. The van der Waals surface area contributed by atoms with Crippen LogP contribution in [-0.4, -0.2) is 37.1 Å². The maximum Gasteiger partial charge on any atom is 0.264 e. The number of para-hydroxylation sites is 1. The van der Waals surface area contributed by atoms with Crippen molar-refractivity contribution < 1.29 is 9.84 Å². The molecule has 1 N–H and O–H groups in total. The number of aliphatic hydroxyl groups excluding tert-OH is 1. The van der Waals surface area contributed by atoms with E-state index in [-0.39, 0.29) is 18.7 Å². The van der Waals surface area contributed by atoms with Crippen molar-refractivity contribution in [3.05, 3.63) is 53.2 Å². The molecule has 1 unspecified atom stereocenters. The van der Waals surface area contributed by atoms with Crippen LogP contribution in [0.5, 0.6) is 5.75 Å². The molecule has 1 aromatic carbocycles. The van der Waals surface area contributed by atoms with E-state index in [4.69, 9.17) is 4.74 Å². The van der Waals surface area contributed by atoms with Crippen molar-refractivity contribution in [1.82, 2.24) is 19.3 Å². The molecule has 0 aliphatic heterocycles. The van der Waals surface area contributed by atoms with Crippen LogP contribution in [0.1, 0.15) is 0 Å². The zero-order valence-electron chi connectivity index (χ0n) is 12.1. The number of nitrogens with zero attached hydrogens (tertiary/aromatic N) is 4. The summed E-state index contributed by atoms with van der Waals surface area (Å²) in [7, 11) is 1.72. The van der Waals surface area contributed by atoms with E-state index in [1.54, 1.807) is 7.05 Å². The van der Waals surface area contributed by atoms with Gasteiger partial charge in [0.1, 0.15) is 30.2 Å². The van der Waals surface area contributed by atoms with Gasteiger partial charge in [-0.2, -0.15) is 5.10 Å². The number of aromatic nitrogens is 4. The molecule has 7 nitrogen and oxygen atoms in total. The lowest BCUT2D eigenvalue weighted by molar-refractivity contribution is 0.0915. The molecule has 2 heterocycles. The fraction of sp³-hybridized carbons (Fsp3) is 0.267. The fourth-order valence-corrected chi connectivity index (χ4v) is 2.19. The number of rotatable bonds is 5. The highest BCUT2D eigenvalue weighted by Gasteiger charge is 2.12. The number of benzene rings is 1. The van der Waals surface area contributed by atoms with Crippen LogP contribution >= 0.6 is 0 Å². The van der Waals surface area contributed by atoms with Gasteiger partial charge in [0.2, 0.25) is 0 Å². The lowest BCUT2D eigenvalue weighted by Crippen LogP contribution is -2.30. The van der Waals surface area contributed by atoms with E-state index >= 15 is 0 Å². The average molecular weight is 300 g/mol. The predicted molar refractivity (Wildman–Crippen MR) is 80.7 cm³/mol. The molecule has 0 fully saturated rings. The first-order chi connectivity index (χ1) is 10.6. The van der Waals surface area contributed by atoms with Crippen LogP contribution in [0.15, 0.2) is 47.7 Å². The van der Waals surface area contributed by atoms with Crippen molar-refractivity contribution >= 4 is 11.0 Å². The molecule has 114 valence electrons. The molecule has 0 aliphatic carbocycles. The molecule has 0 amide bonds. The van der Waals surface area contributed by atoms with Gasteiger partial charge in [0, 0.05) is 7.05 Å². The van der Waals surface area contributed by atoms with Gasteiger partial charge in [-0.25, -0.2) is 4.98 Å². The number of hydrogen-bond acceptors (Lipinski definition) is 5. The Kier molecular flexibility index (Phi) is 3.88. The van der Waals surface area contributed by atoms with Crippen molar-refractivity contribution in [2.24, 2.45) is 7.05 Å². The molecule has 22 heavy (non-hydrogen) atoms. The minimum Gasteiger partial charge on any atom is -0.491 e. The summed E-state index contributed by atoms with van der Waals surface area (Å²) in [4.78, 5) is 16.5. The Morgan fingerprint density at radius 3 is 2.86 bits per heavy atom. The number of aryl methyl sites for hydroxylation is 1. The fourth-order valence-electron chi connectivity index (χ4n) is 2.19. The predicted octanol–water partition coefficient (Wildman–Crippen LogP) is 0.570. The first kappa shape index (κ1) is 14.3. The van der Waals surface area contributed by atoms with Crippen LogP contribution in [0.25, 0.3) is 11.0 Å². The van der Waals surface area contributed by atoms with Gasteiger partial charge in [0.05, 0.1) is 12.7 Å². The number of hydrogen-bond donors (Lipinski definition) is 1. The van der Waals surface area contributed by atoms with Gasteiger partial charge >= 0.3 is 0 Å². The molecule has 0 aliphatic rings. The van der Waals surface area contributed by atoms with Gasteiger partial charge in [-0.15, -0.1) is 0 Å². The Balaban J connectivity index is 1.70. The van der Waals surface area contributed by atoms with Crippen LogP contribution in [-0.2, 0) is 13.6 Å². The van der Waals surface area contributed by atoms with Crippen LogP contribution in [0, 0.1) is 0 Å². The molecule has 3 aromatic rings. The maximum absolute atomic E-state index is 12.3. The van der Waals surface area contributed by atoms with Gasteiger partial charge in [-0.3, -0.25) is 14.0 Å². The summed E-state index contributed by atoms with van der Waals surface area (Å²) in [6, 6.07) is 9.21. The van der Waals surface area contributed by atoms with Gasteiger partial charge < -0.3 is 9.84 Å². The average Bonchev–Trinajstić information content (AvgIpc) is 2.91. The Morgan fingerprint density at radius 1 is 1.32 bits per heavy atom. The molecule has 0 bridgehead atoms. The third-order valence-electron chi connectivity index (χ3n) is 3.31. The summed E-state index contributed by atoms with van der Waals surface area (Å²) in [6.45, 7) is 0.213. The zero-order valence-corrected chi connectivity index (χ0v) is 12.1. The molecule has 2 aromatic heterocycles. The zero-order chi connectivity index (χ0) is 15.5. The summed E-state index contributed by atoms with van der Waals surface area (Å²) in [6.07, 6.45) is 2.08. The van der Waals surface area contributed by atoms with Crippen molar-refractivity contribution in [2.45, 2.75) is 12.6 Å². The van der Waals surface area contributed by atoms with E-state index in [1.165, 1.54) is 21.8 Å². The summed E-state index contributed by atoms with van der Waals surface area (Å²) in [5.41, 5.74) is 0.299. The molecular weight excluding hydrogens is 284 g/mol. The van der Waals surface area contributed by atoms with Gasteiger partial charge in [-0.05, 0) is 12.1 Å². The highest BCUT2D eigenvalue weighted by atomic mass is 16.5. The van der Waals surface area contributed by atoms with E-state index in [0.29, 0.717) is 16.8 Å². The Hall–Kier alpha value is -2.67. The second-order valence-electron chi connectivity index (χ2n) is 4.99. The van der Waals surface area contributed by atoms with Crippen molar-refractivity contribution in [3.63, 3.8) is 0 Å². The molecule has 0 saturated carbocycles. The van der Waals surface area contributed by atoms with E-state index in [0.717, 1.165) is 0 Å². The lowest BCUT2D eigenvalue weighted by Gasteiger charge is -2.13. The Morgan fingerprint density at radius 2 is 2.09 bits per heavy atom. The normalized spacial score (nSPS) is 12.5. The SMILES string of the molecule is Cn1ncc2c(=O)n(CC(O)COc3ccccc3)cnc21. The minimum absolute atomic E-state index is 0.0987. The smallest absolute Gasteiger partial charge is 0.264 e. The van der Waals surface area contributed by atoms with Crippen molar-refractivity contribution in [2.75, 3.05) is 6.61 Å². The Bertz CT molecular complexity index is 826. The molecule has 7 heteroatoms. The first-order valence-corrected chi connectivity index (χ1v) is 6.88. The van der Waals surface area contributed by atoms with Crippen LogP contribution in [0.4, 0.5) is 0 Å². The second kappa shape index (κ2) is 5.98. The largest absolute Gasteiger partial charge is 0.491 e. The molecule has 0 saturated heterocycles. The monoisotopic (exact) mass is 300 g/mol. The van der Waals surface area contributed by atoms with Crippen LogP contribution in [0.2, 0.25) is 0 Å². The quantitative estimate of drug-likeness (QED) is 0.745. The van der Waals surface area contributed by atoms with E-state index < -0.39 is 6.10 Å². The second-order valence-corrected chi connectivity index (χ2v) is 4.99. The third kappa shape index (κ3) is 2.84. The molecule has 0 spiro atoms. The van der Waals surface area contributed by atoms with Crippen molar-refractivity contribution in [3.8, 4) is 5.75 Å². The van der Waals surface area contributed by atoms with Gasteiger partial charge in [-0.1, -0.05) is 18.2 Å². The van der Waals surface area contributed by atoms with Gasteiger partial charge in [0.15, 0.2) is 5.65 Å². The molecular formula is C15H16N4O3. The number of aliphatic hydroxyl groups is 1. The standard InChI is InChI=1S/C15H16N4O3/c1-18-14-13(7-17-18)15(21)19(10-16-14)8-11(20)9-22-12-5-3-2-4-6-12/h2-7,10-11,20H,8-9H2,1H3. The minimum atomic E-state index is -0.811. The van der Waals surface area contributed by atoms with Crippen LogP contribution < -0.4 is 10.3 Å². The highest BCUT2D eigenvalue weighted by Crippen LogP contribution is 2.09. The van der Waals surface area contributed by atoms with Crippen LogP contribution in [0.3, 0.4) is 0 Å². The summed E-state index contributed by atoms with van der Waals surface area (Å²) in [5.74, 6) is 0.676. The molecule has 3 rings (SSSR count). The molecule has 0 radical (unpaired) electrons. The third-order valence-corrected chi connectivity index (χ3v) is 3.31. The summed E-state index contributed by atoms with van der Waals surface area (Å²) in [5, 5.41) is 14.5. The van der Waals surface area contributed by atoms with E-state index in [9.17, 15) is 9.90 Å².